The van der Waals surface area contributed by atoms with E-state index in [4.69, 9.17) is 0 Å². The van der Waals surface area contributed by atoms with E-state index in [-0.39, 0.29) is 0 Å². The highest BCUT2D eigenvalue weighted by Gasteiger charge is 2.44. The van der Waals surface area contributed by atoms with Crippen LogP contribution in [0.3, 0.4) is 0 Å². The van der Waals surface area contributed by atoms with Crippen molar-refractivity contribution in [1.82, 2.24) is 0 Å². The molecule has 0 aromatic heterocycles. The van der Waals surface area contributed by atoms with E-state index in [0.29, 0.717) is 0 Å². The topological polar surface area (TPSA) is 0 Å². The second-order valence-electron chi connectivity index (χ2n) is 5.59. The third-order valence-electron chi connectivity index (χ3n) is 4.00. The summed E-state index contributed by atoms with van der Waals surface area (Å²) >= 11 is 8.08. The van der Waals surface area contributed by atoms with E-state index in [1.807, 2.05) is 0 Å². The molecule has 0 amide bonds. The van der Waals surface area contributed by atoms with Crippen LogP contribution in [0, 0.1) is 0 Å². The predicted octanol–water partition coefficient (Wildman–Crippen LogP) is 6.21. The number of hydrogen-bond donors (Lipinski definition) is 0. The zero-order valence-corrected chi connectivity index (χ0v) is 16.0. The van der Waals surface area contributed by atoms with E-state index in [2.05, 4.69) is 44.4 Å². The van der Waals surface area contributed by atoms with Gasteiger partial charge in [-0.05, 0) is 11.7 Å². The molecular formula is C12H26Br2Si2. The highest BCUT2D eigenvalue weighted by molar-refractivity contribution is 9.51. The molecule has 1 heterocycles. The van der Waals surface area contributed by atoms with Crippen LogP contribution < -0.4 is 0 Å². The van der Waals surface area contributed by atoms with Crippen LogP contribution >= 0.6 is 30.6 Å². The van der Waals surface area contributed by atoms with Crippen LogP contribution in [0.25, 0.3) is 0 Å². The van der Waals surface area contributed by atoms with Crippen LogP contribution in [0.15, 0.2) is 0 Å². The third kappa shape index (κ3) is 4.95. The van der Waals surface area contributed by atoms with E-state index < -0.39 is 13.4 Å². The summed E-state index contributed by atoms with van der Waals surface area (Å²) in [5, 5.41) is -1.14. The first-order valence-electron chi connectivity index (χ1n) is 6.91. The van der Waals surface area contributed by atoms with Crippen molar-refractivity contribution in [2.24, 2.45) is 0 Å². The molecule has 1 aliphatic heterocycles. The van der Waals surface area contributed by atoms with Gasteiger partial charge in [-0.1, -0.05) is 64.1 Å². The molecule has 0 bridgehead atoms. The highest BCUT2D eigenvalue weighted by atomic mass is 79.9. The molecule has 0 saturated carbocycles. The lowest BCUT2D eigenvalue weighted by atomic mass is 10.4. The zero-order chi connectivity index (χ0) is 12.1. The lowest BCUT2D eigenvalue weighted by Gasteiger charge is -2.41. The number of halogens is 2. The maximum absolute atomic E-state index is 4.04. The van der Waals surface area contributed by atoms with Gasteiger partial charge in [0.05, 0.1) is 8.07 Å². The quantitative estimate of drug-likeness (QED) is 0.376. The van der Waals surface area contributed by atoms with Crippen molar-refractivity contribution in [3.63, 3.8) is 0 Å². The minimum absolute atomic E-state index is 0.892. The Morgan fingerprint density at radius 1 is 0.938 bits per heavy atom. The Hall–Kier alpha value is 1.39. The van der Waals surface area contributed by atoms with Crippen LogP contribution in [0.5, 0.6) is 0 Å². The first-order valence-corrected chi connectivity index (χ1v) is 16.7. The fourth-order valence-corrected chi connectivity index (χ4v) is 27.6. The molecule has 1 aliphatic rings. The van der Waals surface area contributed by atoms with E-state index in [0.717, 1.165) is 0 Å². The monoisotopic (exact) mass is 384 g/mol. The molecule has 0 aromatic carbocycles. The number of unbranched alkanes of at least 4 members (excludes halogenated alkanes) is 2. The lowest BCUT2D eigenvalue weighted by molar-refractivity contribution is 0.806. The molecule has 4 heteroatoms. The average Bonchev–Trinajstić information content (AvgIpc) is 2.22. The van der Waals surface area contributed by atoms with E-state index in [1.54, 1.807) is 23.8 Å². The summed E-state index contributed by atoms with van der Waals surface area (Å²) < 4.78 is 0. The van der Waals surface area contributed by atoms with Crippen molar-refractivity contribution >= 4 is 44.0 Å². The molecule has 1 saturated heterocycles. The highest BCUT2D eigenvalue weighted by Crippen LogP contribution is 2.46. The maximum Gasteiger partial charge on any atom is 0.198 e. The molecule has 0 aliphatic carbocycles. The summed E-state index contributed by atoms with van der Waals surface area (Å²) in [6.07, 6.45) is 7.25. The Morgan fingerprint density at radius 3 is 1.94 bits per heavy atom. The molecule has 0 N–H and O–H groups in total. The lowest BCUT2D eigenvalue weighted by Crippen LogP contribution is -2.44. The van der Waals surface area contributed by atoms with Gasteiger partial charge in [0.1, 0.15) is 0 Å². The van der Waals surface area contributed by atoms with Crippen LogP contribution in [0.1, 0.15) is 46.0 Å². The third-order valence-corrected chi connectivity index (χ3v) is 21.8. The normalized spacial score (nSPS) is 23.2. The van der Waals surface area contributed by atoms with Crippen molar-refractivity contribution in [2.75, 3.05) is 0 Å². The average molecular weight is 386 g/mol. The molecule has 0 nitrogen and oxygen atoms in total. The van der Waals surface area contributed by atoms with Crippen LogP contribution in [-0.2, 0) is 0 Å². The Balaban J connectivity index is 2.61. The van der Waals surface area contributed by atoms with Gasteiger partial charge in [0.25, 0.3) is 0 Å². The van der Waals surface area contributed by atoms with E-state index in [9.17, 15) is 0 Å². The van der Waals surface area contributed by atoms with Gasteiger partial charge >= 0.3 is 0 Å². The molecular weight excluding hydrogens is 360 g/mol. The molecule has 0 atom stereocenters. The Labute approximate surface area is 119 Å². The standard InChI is InChI=1S/C12H26Br2Si2/c1-3-5-8-15(9-6-4-2)10-7-11-16(13,14)12-15/h3-12H2,1-2H3. The second kappa shape index (κ2) is 7.10. The van der Waals surface area contributed by atoms with Gasteiger partial charge in [0.15, 0.2) is 5.31 Å². The van der Waals surface area contributed by atoms with Gasteiger partial charge < -0.3 is 0 Å². The van der Waals surface area contributed by atoms with Gasteiger partial charge in [-0.3, -0.25) is 0 Å². The summed E-state index contributed by atoms with van der Waals surface area (Å²) in [7, 11) is -0.892. The summed E-state index contributed by atoms with van der Waals surface area (Å²) in [6.45, 7) is 4.69. The van der Waals surface area contributed by atoms with E-state index in [1.165, 1.54) is 38.1 Å². The molecule has 0 spiro atoms. The number of hydrogen-bond acceptors (Lipinski definition) is 0. The molecule has 1 fully saturated rings. The molecule has 16 heavy (non-hydrogen) atoms. The van der Waals surface area contributed by atoms with Gasteiger partial charge in [0, 0.05) is 0 Å². The summed E-state index contributed by atoms with van der Waals surface area (Å²) in [6, 6.07) is 6.30. The van der Waals surface area contributed by atoms with Gasteiger partial charge in [-0.25, -0.2) is 0 Å². The van der Waals surface area contributed by atoms with Crippen molar-refractivity contribution < 1.29 is 0 Å². The maximum atomic E-state index is 4.04. The molecule has 96 valence electrons. The van der Waals surface area contributed by atoms with Crippen molar-refractivity contribution in [1.29, 1.82) is 0 Å². The fourth-order valence-electron chi connectivity index (χ4n) is 3.10. The SMILES string of the molecule is CCCC[Si]1(CCCC)CCC[Si](Br)(Br)C1. The minimum Gasteiger partial charge on any atom is -0.111 e. The smallest absolute Gasteiger partial charge is 0.111 e. The second-order valence-corrected chi connectivity index (χ2v) is 26.0. The summed E-state index contributed by atoms with van der Waals surface area (Å²) in [5.74, 6) is 0. The molecule has 0 aromatic rings. The number of rotatable bonds is 6. The van der Waals surface area contributed by atoms with Gasteiger partial charge in [-0.15, -0.1) is 30.6 Å². The molecule has 0 radical (unpaired) electrons. The Morgan fingerprint density at radius 2 is 1.50 bits per heavy atom. The summed E-state index contributed by atoms with van der Waals surface area (Å²) in [4.78, 5) is 0. The molecule has 0 unspecified atom stereocenters. The van der Waals surface area contributed by atoms with Crippen molar-refractivity contribution in [3.8, 4) is 0 Å². The van der Waals surface area contributed by atoms with Crippen molar-refractivity contribution in [3.05, 3.63) is 0 Å². The minimum atomic E-state index is -1.14. The fraction of sp³-hybridized carbons (Fsp3) is 1.00. The zero-order valence-electron chi connectivity index (χ0n) is 10.8. The summed E-state index contributed by atoms with van der Waals surface area (Å²) in [5.41, 5.74) is 1.60. The first-order chi connectivity index (χ1) is 7.54. The predicted molar refractivity (Wildman–Crippen MR) is 87.8 cm³/mol. The van der Waals surface area contributed by atoms with Crippen LogP contribution in [-0.4, -0.2) is 13.4 Å². The van der Waals surface area contributed by atoms with Gasteiger partial charge in [-0.2, -0.15) is 0 Å². The van der Waals surface area contributed by atoms with Crippen molar-refractivity contribution in [2.45, 2.75) is 75.8 Å². The Kier molecular flexibility index (Phi) is 6.86. The van der Waals surface area contributed by atoms with E-state index >= 15 is 0 Å². The Bertz CT molecular complexity index is 199. The van der Waals surface area contributed by atoms with Crippen LogP contribution in [0.4, 0.5) is 0 Å². The first kappa shape index (κ1) is 15.5. The van der Waals surface area contributed by atoms with Crippen LogP contribution in [0.2, 0.25) is 29.8 Å². The van der Waals surface area contributed by atoms with Gasteiger partial charge in [0.2, 0.25) is 0 Å². The molecule has 1 rings (SSSR count). The largest absolute Gasteiger partial charge is 0.198 e.